The van der Waals surface area contributed by atoms with E-state index in [-0.39, 0.29) is 6.61 Å². The van der Waals surface area contributed by atoms with Crippen molar-refractivity contribution in [3.8, 4) is 0 Å². The number of aliphatic carboxylic acids is 1. The van der Waals surface area contributed by atoms with Gasteiger partial charge < -0.3 is 20.4 Å². The number of hydrogen-bond acceptors (Lipinski definition) is 4. The molecule has 0 amide bonds. The van der Waals surface area contributed by atoms with Gasteiger partial charge in [0.25, 0.3) is 0 Å². The van der Waals surface area contributed by atoms with E-state index in [0.717, 1.165) is 11.1 Å². The zero-order valence-corrected chi connectivity index (χ0v) is 9.50. The van der Waals surface area contributed by atoms with E-state index < -0.39 is 24.6 Å². The number of carboxylic acids is 1. The molecular weight excluding hydrogens is 224 g/mol. The van der Waals surface area contributed by atoms with Gasteiger partial charge in [-0.15, -0.1) is 0 Å². The van der Waals surface area contributed by atoms with Crippen LogP contribution in [0.25, 0.3) is 0 Å². The molecule has 0 saturated carbocycles. The molecule has 2 atom stereocenters. The molecule has 0 spiro atoms. The molecule has 17 heavy (non-hydrogen) atoms. The normalized spacial score (nSPS) is 14.4. The van der Waals surface area contributed by atoms with Crippen LogP contribution in [0.4, 0.5) is 0 Å². The first-order valence-corrected chi connectivity index (χ1v) is 5.24. The quantitative estimate of drug-likeness (QED) is 0.595. The van der Waals surface area contributed by atoms with Crippen molar-refractivity contribution in [1.29, 1.82) is 0 Å². The highest BCUT2D eigenvalue weighted by atomic mass is 16.4. The minimum absolute atomic E-state index is 0.0973. The maximum absolute atomic E-state index is 10.4. The molecule has 0 fully saturated rings. The Morgan fingerprint density at radius 2 is 2.00 bits per heavy atom. The molecule has 1 aromatic rings. The van der Waals surface area contributed by atoms with Crippen molar-refractivity contribution in [1.82, 2.24) is 0 Å². The molecule has 1 aromatic carbocycles. The van der Waals surface area contributed by atoms with Crippen molar-refractivity contribution in [3.05, 3.63) is 34.9 Å². The number of aryl methyl sites for hydroxylation is 1. The van der Waals surface area contributed by atoms with Crippen molar-refractivity contribution in [2.45, 2.75) is 32.2 Å². The lowest BCUT2D eigenvalue weighted by Gasteiger charge is -2.17. The van der Waals surface area contributed by atoms with E-state index in [2.05, 4.69) is 0 Å². The molecule has 1 rings (SSSR count). The second-order valence-electron chi connectivity index (χ2n) is 3.95. The molecule has 0 radical (unpaired) electrons. The largest absolute Gasteiger partial charge is 0.481 e. The highest BCUT2D eigenvalue weighted by molar-refractivity contribution is 5.67. The fourth-order valence-corrected chi connectivity index (χ4v) is 1.59. The third-order valence-corrected chi connectivity index (χ3v) is 2.63. The molecule has 94 valence electrons. The SMILES string of the molecule is Cc1cc(C(O)C(O)CC(=O)O)ccc1CO. The Balaban J connectivity index is 2.85. The van der Waals surface area contributed by atoms with Gasteiger partial charge in [0.15, 0.2) is 0 Å². The highest BCUT2D eigenvalue weighted by Crippen LogP contribution is 2.21. The molecule has 0 aliphatic carbocycles. The predicted molar refractivity (Wildman–Crippen MR) is 60.3 cm³/mol. The van der Waals surface area contributed by atoms with Crippen LogP contribution < -0.4 is 0 Å². The Hall–Kier alpha value is -1.43. The number of rotatable bonds is 5. The van der Waals surface area contributed by atoms with E-state index in [1.165, 1.54) is 0 Å². The van der Waals surface area contributed by atoms with Crippen molar-refractivity contribution in [2.24, 2.45) is 0 Å². The average Bonchev–Trinajstić information content (AvgIpc) is 2.27. The number of benzene rings is 1. The van der Waals surface area contributed by atoms with Gasteiger partial charge >= 0.3 is 5.97 Å². The van der Waals surface area contributed by atoms with Crippen LogP contribution >= 0.6 is 0 Å². The molecule has 5 nitrogen and oxygen atoms in total. The lowest BCUT2D eigenvalue weighted by Crippen LogP contribution is -2.21. The summed E-state index contributed by atoms with van der Waals surface area (Å²) in [6.07, 6.45) is -3.09. The van der Waals surface area contributed by atoms with Crippen LogP contribution in [0, 0.1) is 6.92 Å². The molecule has 0 aliphatic rings. The second-order valence-corrected chi connectivity index (χ2v) is 3.95. The van der Waals surface area contributed by atoms with Crippen molar-refractivity contribution < 1.29 is 25.2 Å². The molecule has 0 heterocycles. The summed E-state index contributed by atoms with van der Waals surface area (Å²) in [7, 11) is 0. The van der Waals surface area contributed by atoms with Gasteiger partial charge in [0, 0.05) is 0 Å². The van der Waals surface area contributed by atoms with Gasteiger partial charge in [0.05, 0.1) is 19.1 Å². The molecule has 0 aromatic heterocycles. The van der Waals surface area contributed by atoms with Gasteiger partial charge in [-0.25, -0.2) is 0 Å². The standard InChI is InChI=1S/C12H16O5/c1-7-4-8(2-3-9(7)6-13)12(17)10(14)5-11(15)16/h2-4,10,12-14,17H,5-6H2,1H3,(H,15,16). The Morgan fingerprint density at radius 1 is 1.35 bits per heavy atom. The Morgan fingerprint density at radius 3 is 2.47 bits per heavy atom. The van der Waals surface area contributed by atoms with Crippen LogP contribution in [0.3, 0.4) is 0 Å². The van der Waals surface area contributed by atoms with Crippen molar-refractivity contribution in [3.63, 3.8) is 0 Å². The van der Waals surface area contributed by atoms with Crippen LogP contribution in [-0.2, 0) is 11.4 Å². The molecule has 0 bridgehead atoms. The molecular formula is C12H16O5. The molecule has 0 aliphatic heterocycles. The number of carboxylic acid groups (broad SMARTS) is 1. The van der Waals surface area contributed by atoms with E-state index in [9.17, 15) is 15.0 Å². The minimum Gasteiger partial charge on any atom is -0.481 e. The highest BCUT2D eigenvalue weighted by Gasteiger charge is 2.21. The molecule has 5 heteroatoms. The van der Waals surface area contributed by atoms with E-state index in [1.54, 1.807) is 25.1 Å². The van der Waals surface area contributed by atoms with Gasteiger partial charge in [0.1, 0.15) is 6.10 Å². The lowest BCUT2D eigenvalue weighted by atomic mass is 9.98. The Bertz CT molecular complexity index is 402. The second kappa shape index (κ2) is 5.77. The monoisotopic (exact) mass is 240 g/mol. The van der Waals surface area contributed by atoms with Crippen LogP contribution in [0.1, 0.15) is 29.2 Å². The summed E-state index contributed by atoms with van der Waals surface area (Å²) in [5.74, 6) is -1.17. The van der Waals surface area contributed by atoms with Crippen LogP contribution in [0.15, 0.2) is 18.2 Å². The van der Waals surface area contributed by atoms with Gasteiger partial charge in [-0.05, 0) is 23.6 Å². The first kappa shape index (κ1) is 13.6. The summed E-state index contributed by atoms with van der Waals surface area (Å²) < 4.78 is 0. The fraction of sp³-hybridized carbons (Fsp3) is 0.417. The zero-order chi connectivity index (χ0) is 13.0. The van der Waals surface area contributed by atoms with Gasteiger partial charge in [-0.2, -0.15) is 0 Å². The van der Waals surface area contributed by atoms with Crippen molar-refractivity contribution in [2.75, 3.05) is 0 Å². The van der Waals surface area contributed by atoms with E-state index in [1.807, 2.05) is 0 Å². The van der Waals surface area contributed by atoms with E-state index >= 15 is 0 Å². The third-order valence-electron chi connectivity index (χ3n) is 2.63. The smallest absolute Gasteiger partial charge is 0.306 e. The van der Waals surface area contributed by atoms with Crippen LogP contribution in [0.2, 0.25) is 0 Å². The summed E-state index contributed by atoms with van der Waals surface area (Å²) in [5, 5.41) is 36.7. The predicted octanol–water partition coefficient (Wildman–Crippen LogP) is 0.356. The number of carbonyl (C=O) groups is 1. The molecule has 4 N–H and O–H groups in total. The van der Waals surface area contributed by atoms with Gasteiger partial charge in [-0.3, -0.25) is 4.79 Å². The molecule has 2 unspecified atom stereocenters. The Kier molecular flexibility index (Phi) is 4.62. The van der Waals surface area contributed by atoms with E-state index in [4.69, 9.17) is 10.2 Å². The third kappa shape index (κ3) is 3.52. The topological polar surface area (TPSA) is 98.0 Å². The summed E-state index contributed by atoms with van der Waals surface area (Å²) in [6.45, 7) is 1.67. The average molecular weight is 240 g/mol. The summed E-state index contributed by atoms with van der Waals surface area (Å²) in [5.41, 5.74) is 1.95. The fourth-order valence-electron chi connectivity index (χ4n) is 1.59. The minimum atomic E-state index is -1.34. The molecule has 0 saturated heterocycles. The van der Waals surface area contributed by atoms with Crippen LogP contribution in [0.5, 0.6) is 0 Å². The zero-order valence-electron chi connectivity index (χ0n) is 9.50. The maximum atomic E-state index is 10.4. The summed E-state index contributed by atoms with van der Waals surface area (Å²) >= 11 is 0. The van der Waals surface area contributed by atoms with E-state index in [0.29, 0.717) is 5.56 Å². The first-order chi connectivity index (χ1) is 7.95. The van der Waals surface area contributed by atoms with Gasteiger partial charge in [-0.1, -0.05) is 18.2 Å². The van der Waals surface area contributed by atoms with Crippen molar-refractivity contribution >= 4 is 5.97 Å². The lowest BCUT2D eigenvalue weighted by molar-refractivity contribution is -0.141. The van der Waals surface area contributed by atoms with Crippen LogP contribution in [-0.4, -0.2) is 32.5 Å². The number of aliphatic hydroxyl groups excluding tert-OH is 3. The maximum Gasteiger partial charge on any atom is 0.306 e. The summed E-state index contributed by atoms with van der Waals surface area (Å²) in [4.78, 5) is 10.4. The van der Waals surface area contributed by atoms with Gasteiger partial charge in [0.2, 0.25) is 0 Å². The number of hydrogen-bond donors (Lipinski definition) is 4. The summed E-state index contributed by atoms with van der Waals surface area (Å²) in [6, 6.07) is 4.83. The number of aliphatic hydroxyl groups is 3. The Labute approximate surface area is 99.0 Å². The first-order valence-electron chi connectivity index (χ1n) is 5.24.